The van der Waals surface area contributed by atoms with E-state index in [1.807, 2.05) is 6.07 Å². The third kappa shape index (κ3) is 4.19. The molecule has 0 fully saturated rings. The van der Waals surface area contributed by atoms with Gasteiger partial charge in [-0.2, -0.15) is 0 Å². The summed E-state index contributed by atoms with van der Waals surface area (Å²) in [5.41, 5.74) is 6.43. The minimum Gasteiger partial charge on any atom is -0.399 e. The van der Waals surface area contributed by atoms with Gasteiger partial charge in [-0.15, -0.1) is 0 Å². The Morgan fingerprint density at radius 2 is 2.20 bits per heavy atom. The zero-order chi connectivity index (χ0) is 11.3. The van der Waals surface area contributed by atoms with Gasteiger partial charge in [-0.05, 0) is 25.3 Å². The Hall–Kier alpha value is -1.25. The van der Waals surface area contributed by atoms with Crippen molar-refractivity contribution in [2.45, 2.75) is 39.7 Å². The van der Waals surface area contributed by atoms with Gasteiger partial charge in [0.1, 0.15) is 5.82 Å². The standard InChI is InChI=1S/C12H21N3/c1-4-9(2)7-10(3)15-12-8-11(13)5-6-14-12/h5-6,8-10H,4,7H2,1-3H3,(H3,13,14,15). The summed E-state index contributed by atoms with van der Waals surface area (Å²) in [6.07, 6.45) is 4.11. The highest BCUT2D eigenvalue weighted by molar-refractivity contribution is 5.48. The number of nitrogens with two attached hydrogens (primary N) is 1. The van der Waals surface area contributed by atoms with Crippen LogP contribution in [-0.2, 0) is 0 Å². The number of hydrogen-bond donors (Lipinski definition) is 2. The molecule has 0 bridgehead atoms. The van der Waals surface area contributed by atoms with Crippen LogP contribution in [0.15, 0.2) is 18.3 Å². The average Bonchev–Trinajstić information content (AvgIpc) is 2.17. The second-order valence-electron chi connectivity index (χ2n) is 4.27. The van der Waals surface area contributed by atoms with E-state index >= 15 is 0 Å². The van der Waals surface area contributed by atoms with E-state index in [4.69, 9.17) is 5.73 Å². The van der Waals surface area contributed by atoms with Crippen molar-refractivity contribution in [3.05, 3.63) is 18.3 Å². The van der Waals surface area contributed by atoms with E-state index in [0.29, 0.717) is 6.04 Å². The molecule has 3 nitrogen and oxygen atoms in total. The van der Waals surface area contributed by atoms with Crippen molar-refractivity contribution >= 4 is 11.5 Å². The first-order valence-electron chi connectivity index (χ1n) is 5.60. The number of nitrogens with zero attached hydrogens (tertiary/aromatic N) is 1. The third-order valence-corrected chi connectivity index (χ3v) is 2.63. The average molecular weight is 207 g/mol. The summed E-state index contributed by atoms with van der Waals surface area (Å²) in [5.74, 6) is 1.61. The lowest BCUT2D eigenvalue weighted by Crippen LogP contribution is -2.18. The van der Waals surface area contributed by atoms with E-state index in [2.05, 4.69) is 31.1 Å². The molecule has 0 spiro atoms. The highest BCUT2D eigenvalue weighted by Gasteiger charge is 2.07. The van der Waals surface area contributed by atoms with Crippen LogP contribution in [0.5, 0.6) is 0 Å². The molecule has 1 heterocycles. The molecule has 15 heavy (non-hydrogen) atoms. The number of aromatic nitrogens is 1. The van der Waals surface area contributed by atoms with Crippen LogP contribution in [0.3, 0.4) is 0 Å². The van der Waals surface area contributed by atoms with E-state index < -0.39 is 0 Å². The molecule has 1 aromatic rings. The monoisotopic (exact) mass is 207 g/mol. The Bertz CT molecular complexity index is 299. The maximum absolute atomic E-state index is 5.68. The molecule has 0 radical (unpaired) electrons. The lowest BCUT2D eigenvalue weighted by molar-refractivity contribution is 0.483. The smallest absolute Gasteiger partial charge is 0.128 e. The van der Waals surface area contributed by atoms with Gasteiger partial charge in [0.05, 0.1) is 0 Å². The minimum absolute atomic E-state index is 0.439. The summed E-state index contributed by atoms with van der Waals surface area (Å²) >= 11 is 0. The van der Waals surface area contributed by atoms with Gasteiger partial charge in [-0.3, -0.25) is 0 Å². The van der Waals surface area contributed by atoms with Crippen molar-refractivity contribution < 1.29 is 0 Å². The fourth-order valence-corrected chi connectivity index (χ4v) is 1.61. The lowest BCUT2D eigenvalue weighted by atomic mass is 10.0. The Morgan fingerprint density at radius 1 is 1.47 bits per heavy atom. The molecule has 2 atom stereocenters. The van der Waals surface area contributed by atoms with Crippen molar-refractivity contribution in [3.63, 3.8) is 0 Å². The molecule has 1 rings (SSSR count). The molecule has 84 valence electrons. The van der Waals surface area contributed by atoms with Crippen molar-refractivity contribution in [2.75, 3.05) is 11.1 Å². The van der Waals surface area contributed by atoms with Gasteiger partial charge in [0.15, 0.2) is 0 Å². The first-order valence-corrected chi connectivity index (χ1v) is 5.60. The maximum Gasteiger partial charge on any atom is 0.128 e. The van der Waals surface area contributed by atoms with Crippen molar-refractivity contribution in [1.29, 1.82) is 0 Å². The van der Waals surface area contributed by atoms with E-state index in [9.17, 15) is 0 Å². The third-order valence-electron chi connectivity index (χ3n) is 2.63. The van der Waals surface area contributed by atoms with E-state index in [0.717, 1.165) is 23.8 Å². The first-order chi connectivity index (χ1) is 7.11. The Morgan fingerprint density at radius 3 is 2.80 bits per heavy atom. The van der Waals surface area contributed by atoms with Gasteiger partial charge in [0, 0.05) is 24.0 Å². The van der Waals surface area contributed by atoms with Crippen LogP contribution in [0.2, 0.25) is 0 Å². The van der Waals surface area contributed by atoms with E-state index in [1.54, 1.807) is 12.3 Å². The van der Waals surface area contributed by atoms with Gasteiger partial charge in [0.25, 0.3) is 0 Å². The van der Waals surface area contributed by atoms with Gasteiger partial charge in [-0.1, -0.05) is 20.3 Å². The molecular weight excluding hydrogens is 186 g/mol. The summed E-state index contributed by atoms with van der Waals surface area (Å²) in [6.45, 7) is 6.66. The fourth-order valence-electron chi connectivity index (χ4n) is 1.61. The number of rotatable bonds is 5. The Kier molecular flexibility index (Phi) is 4.40. The predicted octanol–water partition coefficient (Wildman–Crippen LogP) is 2.90. The normalized spacial score (nSPS) is 14.6. The largest absolute Gasteiger partial charge is 0.399 e. The SMILES string of the molecule is CCC(C)CC(C)Nc1cc(N)ccn1. The van der Waals surface area contributed by atoms with Crippen LogP contribution in [0.25, 0.3) is 0 Å². The zero-order valence-electron chi connectivity index (χ0n) is 9.83. The van der Waals surface area contributed by atoms with Crippen molar-refractivity contribution in [3.8, 4) is 0 Å². The molecule has 2 unspecified atom stereocenters. The molecule has 1 aromatic heterocycles. The highest BCUT2D eigenvalue weighted by atomic mass is 15.0. The first kappa shape index (κ1) is 11.8. The Balaban J connectivity index is 2.47. The number of nitrogen functional groups attached to an aromatic ring is 1. The quantitative estimate of drug-likeness (QED) is 0.780. The fraction of sp³-hybridized carbons (Fsp3) is 0.583. The second-order valence-corrected chi connectivity index (χ2v) is 4.27. The maximum atomic E-state index is 5.68. The highest BCUT2D eigenvalue weighted by Crippen LogP contribution is 2.14. The van der Waals surface area contributed by atoms with E-state index in [-0.39, 0.29) is 0 Å². The minimum atomic E-state index is 0.439. The van der Waals surface area contributed by atoms with Crippen molar-refractivity contribution in [2.24, 2.45) is 5.92 Å². The van der Waals surface area contributed by atoms with E-state index in [1.165, 1.54) is 6.42 Å². The van der Waals surface area contributed by atoms with Gasteiger partial charge < -0.3 is 11.1 Å². The van der Waals surface area contributed by atoms with Crippen LogP contribution in [0.1, 0.15) is 33.6 Å². The van der Waals surface area contributed by atoms with Gasteiger partial charge in [0.2, 0.25) is 0 Å². The number of pyridine rings is 1. The van der Waals surface area contributed by atoms with Crippen LogP contribution >= 0.6 is 0 Å². The van der Waals surface area contributed by atoms with Gasteiger partial charge in [-0.25, -0.2) is 4.98 Å². The molecule has 0 saturated carbocycles. The summed E-state index contributed by atoms with van der Waals surface area (Å²) in [6, 6.07) is 4.10. The van der Waals surface area contributed by atoms with Crippen LogP contribution in [0.4, 0.5) is 11.5 Å². The summed E-state index contributed by atoms with van der Waals surface area (Å²) in [4.78, 5) is 4.22. The molecule has 0 aliphatic heterocycles. The lowest BCUT2D eigenvalue weighted by Gasteiger charge is -2.18. The van der Waals surface area contributed by atoms with Crippen LogP contribution in [-0.4, -0.2) is 11.0 Å². The second kappa shape index (κ2) is 5.59. The summed E-state index contributed by atoms with van der Waals surface area (Å²) in [7, 11) is 0. The summed E-state index contributed by atoms with van der Waals surface area (Å²) in [5, 5.41) is 3.36. The summed E-state index contributed by atoms with van der Waals surface area (Å²) < 4.78 is 0. The molecule has 0 aliphatic carbocycles. The molecular formula is C12H21N3. The topological polar surface area (TPSA) is 50.9 Å². The molecule has 0 saturated heterocycles. The molecule has 0 aromatic carbocycles. The molecule has 3 N–H and O–H groups in total. The zero-order valence-corrected chi connectivity index (χ0v) is 9.83. The van der Waals surface area contributed by atoms with Gasteiger partial charge >= 0.3 is 0 Å². The number of nitrogens with one attached hydrogen (secondary N) is 1. The number of anilines is 2. The Labute approximate surface area is 92.1 Å². The number of hydrogen-bond acceptors (Lipinski definition) is 3. The molecule has 0 amide bonds. The predicted molar refractivity (Wildman–Crippen MR) is 65.8 cm³/mol. The van der Waals surface area contributed by atoms with Crippen LogP contribution < -0.4 is 11.1 Å². The van der Waals surface area contributed by atoms with Crippen LogP contribution in [0, 0.1) is 5.92 Å². The molecule has 0 aliphatic rings. The van der Waals surface area contributed by atoms with Crippen molar-refractivity contribution in [1.82, 2.24) is 4.98 Å². The molecule has 3 heteroatoms.